The minimum absolute atomic E-state index is 0.165. The molecule has 0 aliphatic heterocycles. The number of hydrogen-bond donors (Lipinski definition) is 0. The van der Waals surface area contributed by atoms with Crippen molar-refractivity contribution in [3.8, 4) is 11.8 Å². The number of nitrogens with zero attached hydrogens (tertiary/aromatic N) is 2. The summed E-state index contributed by atoms with van der Waals surface area (Å²) in [4.78, 5) is 11.8. The molecule has 2 aromatic rings. The molecule has 0 saturated heterocycles. The van der Waals surface area contributed by atoms with Gasteiger partial charge in [-0.15, -0.1) is 0 Å². The van der Waals surface area contributed by atoms with E-state index in [2.05, 4.69) is 0 Å². The second-order valence-electron chi connectivity index (χ2n) is 4.33. The van der Waals surface area contributed by atoms with Gasteiger partial charge in [-0.2, -0.15) is 5.26 Å². The fourth-order valence-electron chi connectivity index (χ4n) is 2.22. The van der Waals surface area contributed by atoms with Crippen molar-refractivity contribution in [2.75, 3.05) is 0 Å². The Kier molecular flexibility index (Phi) is 3.48. The molecule has 1 heterocycles. The predicted molar refractivity (Wildman–Crippen MR) is 69.8 cm³/mol. The minimum Gasteiger partial charge on any atom is -0.315 e. The predicted octanol–water partition coefficient (Wildman–Crippen LogP) is 3.33. The van der Waals surface area contributed by atoms with Gasteiger partial charge in [0.25, 0.3) is 0 Å². The maximum absolute atomic E-state index is 13.8. The number of benzene rings is 1. The fraction of sp³-hybridized carbons (Fsp3) is 0.200. The summed E-state index contributed by atoms with van der Waals surface area (Å²) in [5.74, 6) is -0.582. The van der Waals surface area contributed by atoms with Crippen molar-refractivity contribution in [1.29, 1.82) is 5.26 Å². The molecule has 3 nitrogen and oxygen atoms in total. The zero-order chi connectivity index (χ0) is 14.0. The average molecular weight is 256 g/mol. The monoisotopic (exact) mass is 256 g/mol. The van der Waals surface area contributed by atoms with Gasteiger partial charge >= 0.3 is 0 Å². The number of nitriles is 1. The average Bonchev–Trinajstić information content (AvgIpc) is 2.66. The standard InChI is InChI=1S/C15H13FN2O/c1-10-9-12(15(19)7-8-17)11(2)18(10)14-6-4-3-5-13(14)16/h3-6,9H,7H2,1-2H3. The first-order valence-electron chi connectivity index (χ1n) is 5.90. The molecule has 0 aliphatic rings. The van der Waals surface area contributed by atoms with E-state index in [1.807, 2.05) is 13.0 Å². The highest BCUT2D eigenvalue weighted by molar-refractivity contribution is 5.98. The molecule has 0 atom stereocenters. The minimum atomic E-state index is -0.344. The zero-order valence-corrected chi connectivity index (χ0v) is 10.8. The molecular formula is C15H13FN2O. The summed E-state index contributed by atoms with van der Waals surface area (Å²) in [6, 6.07) is 9.94. The lowest BCUT2D eigenvalue weighted by molar-refractivity contribution is 0.0997. The van der Waals surface area contributed by atoms with E-state index in [0.717, 1.165) is 5.69 Å². The van der Waals surface area contributed by atoms with Crippen LogP contribution in [0.4, 0.5) is 4.39 Å². The highest BCUT2D eigenvalue weighted by atomic mass is 19.1. The summed E-state index contributed by atoms with van der Waals surface area (Å²) in [5.41, 5.74) is 2.31. The lowest BCUT2D eigenvalue weighted by Crippen LogP contribution is -2.04. The highest BCUT2D eigenvalue weighted by Crippen LogP contribution is 2.23. The number of ketones is 1. The topological polar surface area (TPSA) is 45.8 Å². The second-order valence-corrected chi connectivity index (χ2v) is 4.33. The number of aryl methyl sites for hydroxylation is 1. The summed E-state index contributed by atoms with van der Waals surface area (Å²) >= 11 is 0. The van der Waals surface area contributed by atoms with Crippen LogP contribution in [0.15, 0.2) is 30.3 Å². The van der Waals surface area contributed by atoms with Gasteiger partial charge in [-0.05, 0) is 32.0 Å². The Labute approximate surface area is 110 Å². The van der Waals surface area contributed by atoms with E-state index in [1.165, 1.54) is 6.07 Å². The smallest absolute Gasteiger partial charge is 0.178 e. The number of aromatic nitrogens is 1. The third-order valence-electron chi connectivity index (χ3n) is 3.06. The normalized spacial score (nSPS) is 10.2. The van der Waals surface area contributed by atoms with Crippen LogP contribution in [-0.2, 0) is 0 Å². The Morgan fingerprint density at radius 3 is 2.68 bits per heavy atom. The van der Waals surface area contributed by atoms with E-state index in [-0.39, 0.29) is 18.0 Å². The molecule has 19 heavy (non-hydrogen) atoms. The van der Waals surface area contributed by atoms with E-state index >= 15 is 0 Å². The van der Waals surface area contributed by atoms with Crippen molar-refractivity contribution in [3.63, 3.8) is 0 Å². The first-order chi connectivity index (χ1) is 9.06. The maximum Gasteiger partial charge on any atom is 0.178 e. The third kappa shape index (κ3) is 2.27. The molecule has 0 amide bonds. The van der Waals surface area contributed by atoms with E-state index in [9.17, 15) is 9.18 Å². The van der Waals surface area contributed by atoms with E-state index < -0.39 is 0 Å². The van der Waals surface area contributed by atoms with Crippen LogP contribution in [0.25, 0.3) is 5.69 Å². The van der Waals surface area contributed by atoms with Gasteiger partial charge in [0, 0.05) is 17.0 Å². The van der Waals surface area contributed by atoms with Crippen molar-refractivity contribution in [2.45, 2.75) is 20.3 Å². The van der Waals surface area contributed by atoms with Gasteiger partial charge in [0.15, 0.2) is 5.78 Å². The third-order valence-corrected chi connectivity index (χ3v) is 3.06. The van der Waals surface area contributed by atoms with Crippen molar-refractivity contribution in [3.05, 3.63) is 53.1 Å². The molecule has 0 N–H and O–H groups in total. The molecule has 0 bridgehead atoms. The SMILES string of the molecule is Cc1cc(C(=O)CC#N)c(C)n1-c1ccccc1F. The van der Waals surface area contributed by atoms with Crippen LogP contribution < -0.4 is 0 Å². The quantitative estimate of drug-likeness (QED) is 0.791. The van der Waals surface area contributed by atoms with E-state index in [0.29, 0.717) is 16.9 Å². The van der Waals surface area contributed by atoms with Crippen LogP contribution >= 0.6 is 0 Å². The Balaban J connectivity index is 2.58. The summed E-state index contributed by atoms with van der Waals surface area (Å²) in [6.45, 7) is 3.56. The molecule has 0 unspecified atom stereocenters. The molecule has 0 fully saturated rings. The molecule has 0 aliphatic carbocycles. The summed E-state index contributed by atoms with van der Waals surface area (Å²) in [5, 5.41) is 8.59. The Bertz CT molecular complexity index is 680. The Morgan fingerprint density at radius 2 is 2.05 bits per heavy atom. The first kappa shape index (κ1) is 13.0. The second kappa shape index (κ2) is 5.07. The number of hydrogen-bond acceptors (Lipinski definition) is 2. The number of para-hydroxylation sites is 1. The molecule has 0 spiro atoms. The number of halogens is 1. The van der Waals surface area contributed by atoms with Crippen molar-refractivity contribution >= 4 is 5.78 Å². The van der Waals surface area contributed by atoms with Crippen molar-refractivity contribution < 1.29 is 9.18 Å². The van der Waals surface area contributed by atoms with Gasteiger partial charge in [0.05, 0.1) is 18.2 Å². The van der Waals surface area contributed by atoms with Crippen LogP contribution in [0.5, 0.6) is 0 Å². The largest absolute Gasteiger partial charge is 0.315 e. The first-order valence-corrected chi connectivity index (χ1v) is 5.90. The molecule has 0 saturated carbocycles. The molecule has 96 valence electrons. The molecule has 4 heteroatoms. The highest BCUT2D eigenvalue weighted by Gasteiger charge is 2.17. The Morgan fingerprint density at radius 1 is 1.37 bits per heavy atom. The van der Waals surface area contributed by atoms with Gasteiger partial charge in [-0.3, -0.25) is 4.79 Å². The van der Waals surface area contributed by atoms with Crippen LogP contribution in [0.3, 0.4) is 0 Å². The Hall–Kier alpha value is -2.41. The van der Waals surface area contributed by atoms with Crippen LogP contribution in [0, 0.1) is 31.0 Å². The van der Waals surface area contributed by atoms with E-state index in [4.69, 9.17) is 5.26 Å². The van der Waals surface area contributed by atoms with Gasteiger partial charge in [-0.1, -0.05) is 12.1 Å². The molecule has 1 aromatic heterocycles. The van der Waals surface area contributed by atoms with E-state index in [1.54, 1.807) is 35.8 Å². The summed E-state index contributed by atoms with van der Waals surface area (Å²) in [7, 11) is 0. The van der Waals surface area contributed by atoms with Crippen molar-refractivity contribution in [1.82, 2.24) is 4.57 Å². The summed E-state index contributed by atoms with van der Waals surface area (Å²) in [6.07, 6.45) is -0.165. The molecule has 2 rings (SSSR count). The number of rotatable bonds is 3. The molecular weight excluding hydrogens is 243 g/mol. The zero-order valence-electron chi connectivity index (χ0n) is 10.8. The van der Waals surface area contributed by atoms with Crippen LogP contribution in [0.2, 0.25) is 0 Å². The van der Waals surface area contributed by atoms with Gasteiger partial charge in [0.2, 0.25) is 0 Å². The van der Waals surface area contributed by atoms with Crippen LogP contribution in [0.1, 0.15) is 28.2 Å². The lowest BCUT2D eigenvalue weighted by Gasteiger charge is -2.10. The number of Topliss-reactive ketones (excluding diaryl/α,β-unsaturated/α-hetero) is 1. The molecule has 0 radical (unpaired) electrons. The lowest BCUT2D eigenvalue weighted by atomic mass is 10.1. The van der Waals surface area contributed by atoms with Gasteiger partial charge < -0.3 is 4.57 Å². The van der Waals surface area contributed by atoms with Crippen LogP contribution in [-0.4, -0.2) is 10.4 Å². The number of carbonyl (C=O) groups excluding carboxylic acids is 1. The van der Waals surface area contributed by atoms with Crippen molar-refractivity contribution in [2.24, 2.45) is 0 Å². The van der Waals surface area contributed by atoms with Gasteiger partial charge in [-0.25, -0.2) is 4.39 Å². The fourth-order valence-corrected chi connectivity index (χ4v) is 2.22. The maximum atomic E-state index is 13.8. The summed E-state index contributed by atoms with van der Waals surface area (Å²) < 4.78 is 15.5. The van der Waals surface area contributed by atoms with Gasteiger partial charge in [0.1, 0.15) is 5.82 Å². The molecule has 1 aromatic carbocycles. The number of carbonyl (C=O) groups is 1.